The van der Waals surface area contributed by atoms with Crippen LogP contribution in [0.15, 0.2) is 60.7 Å². The van der Waals surface area contributed by atoms with Crippen LogP contribution < -0.4 is 0 Å². The van der Waals surface area contributed by atoms with E-state index in [0.717, 1.165) is 22.1 Å². The van der Waals surface area contributed by atoms with Crippen molar-refractivity contribution in [3.8, 4) is 0 Å². The number of rotatable bonds is 4. The molecule has 0 radical (unpaired) electrons. The minimum Gasteiger partial charge on any atom is -2.00 e. The summed E-state index contributed by atoms with van der Waals surface area (Å²) in [5.41, 5.74) is 2.81. The van der Waals surface area contributed by atoms with E-state index in [1.165, 1.54) is 11.1 Å². The van der Waals surface area contributed by atoms with E-state index in [-0.39, 0.29) is 13.5 Å². The van der Waals surface area contributed by atoms with E-state index in [1.807, 2.05) is 0 Å². The van der Waals surface area contributed by atoms with Gasteiger partial charge in [-0.2, -0.15) is 0 Å². The van der Waals surface area contributed by atoms with Gasteiger partial charge in [-0.1, -0.05) is 60.7 Å². The lowest BCUT2D eigenvalue weighted by molar-refractivity contribution is -0.884. The summed E-state index contributed by atoms with van der Waals surface area (Å²) >= 11 is 0. The SMILES string of the molecule is C[N+](C)(C)Cc1ccccc1.C[N+](C)(C)Cc1ccccc1.[S-2]. The van der Waals surface area contributed by atoms with Crippen molar-refractivity contribution < 1.29 is 8.97 Å². The van der Waals surface area contributed by atoms with E-state index in [9.17, 15) is 0 Å². The van der Waals surface area contributed by atoms with E-state index in [4.69, 9.17) is 0 Å². The van der Waals surface area contributed by atoms with E-state index < -0.39 is 0 Å². The van der Waals surface area contributed by atoms with Gasteiger partial charge in [0.2, 0.25) is 0 Å². The summed E-state index contributed by atoms with van der Waals surface area (Å²) in [7, 11) is 13.2. The van der Waals surface area contributed by atoms with Gasteiger partial charge in [-0.15, -0.1) is 0 Å². The molecule has 0 saturated heterocycles. The maximum absolute atomic E-state index is 2.20. The molecule has 2 aromatic carbocycles. The summed E-state index contributed by atoms with van der Waals surface area (Å²) in [6.07, 6.45) is 0. The number of hydrogen-bond acceptors (Lipinski definition) is 0. The van der Waals surface area contributed by atoms with E-state index in [1.54, 1.807) is 0 Å². The van der Waals surface area contributed by atoms with Crippen LogP contribution in [0.2, 0.25) is 0 Å². The summed E-state index contributed by atoms with van der Waals surface area (Å²) in [4.78, 5) is 0. The third kappa shape index (κ3) is 11.9. The average molecular weight is 333 g/mol. The Labute approximate surface area is 150 Å². The van der Waals surface area contributed by atoms with Gasteiger partial charge in [-0.05, 0) is 0 Å². The van der Waals surface area contributed by atoms with Gasteiger partial charge in [-0.25, -0.2) is 0 Å². The first kappa shape index (κ1) is 21.7. The summed E-state index contributed by atoms with van der Waals surface area (Å²) in [5, 5.41) is 0. The van der Waals surface area contributed by atoms with Crippen molar-refractivity contribution in [3.63, 3.8) is 0 Å². The summed E-state index contributed by atoms with van der Waals surface area (Å²) < 4.78 is 1.98. The zero-order valence-corrected chi connectivity index (χ0v) is 16.3. The van der Waals surface area contributed by atoms with Crippen LogP contribution in [0.5, 0.6) is 0 Å². The molecule has 0 aromatic heterocycles. The second-order valence-electron chi connectivity index (χ2n) is 7.87. The molecular weight excluding hydrogens is 300 g/mol. The Hall–Kier alpha value is -1.29. The third-order valence-electron chi connectivity index (χ3n) is 3.00. The molecule has 0 aliphatic rings. The lowest BCUT2D eigenvalue weighted by atomic mass is 10.2. The molecule has 0 N–H and O–H groups in total. The normalized spacial score (nSPS) is 11.0. The molecule has 0 amide bonds. The van der Waals surface area contributed by atoms with Crippen molar-refractivity contribution in [3.05, 3.63) is 71.8 Å². The molecule has 2 aromatic rings. The topological polar surface area (TPSA) is 0 Å². The second-order valence-corrected chi connectivity index (χ2v) is 7.87. The Morgan fingerprint density at radius 3 is 1.00 bits per heavy atom. The minimum absolute atomic E-state index is 0. The van der Waals surface area contributed by atoms with Crippen molar-refractivity contribution >= 4 is 13.5 Å². The molecule has 0 aliphatic heterocycles. The molecule has 2 nitrogen and oxygen atoms in total. The smallest absolute Gasteiger partial charge is 0.104 e. The molecule has 2 rings (SSSR count). The van der Waals surface area contributed by atoms with Crippen LogP contribution in [0.3, 0.4) is 0 Å². The molecule has 128 valence electrons. The highest BCUT2D eigenvalue weighted by Gasteiger charge is 2.07. The summed E-state index contributed by atoms with van der Waals surface area (Å²) in [5.74, 6) is 0. The highest BCUT2D eigenvalue weighted by atomic mass is 32.1. The molecule has 0 aliphatic carbocycles. The fourth-order valence-electron chi connectivity index (χ4n) is 2.26. The zero-order valence-electron chi connectivity index (χ0n) is 15.5. The highest BCUT2D eigenvalue weighted by Crippen LogP contribution is 2.05. The fourth-order valence-corrected chi connectivity index (χ4v) is 2.26. The van der Waals surface area contributed by atoms with Crippen molar-refractivity contribution in [1.29, 1.82) is 0 Å². The van der Waals surface area contributed by atoms with E-state index in [2.05, 4.69) is 103 Å². The Kier molecular flexibility index (Phi) is 9.21. The molecule has 0 heterocycles. The van der Waals surface area contributed by atoms with Crippen LogP contribution in [-0.2, 0) is 26.6 Å². The molecule has 23 heavy (non-hydrogen) atoms. The van der Waals surface area contributed by atoms with Crippen LogP contribution in [0.25, 0.3) is 0 Å². The van der Waals surface area contributed by atoms with E-state index >= 15 is 0 Å². The predicted octanol–water partition coefficient (Wildman–Crippen LogP) is 3.78. The quantitative estimate of drug-likeness (QED) is 0.748. The van der Waals surface area contributed by atoms with Crippen LogP contribution in [0.4, 0.5) is 0 Å². The Balaban J connectivity index is 0.000000403. The van der Waals surface area contributed by atoms with Gasteiger partial charge in [0.1, 0.15) is 13.1 Å². The number of quaternary nitrogens is 2. The number of nitrogens with zero attached hydrogens (tertiary/aromatic N) is 2. The van der Waals surface area contributed by atoms with Gasteiger partial charge in [0.15, 0.2) is 0 Å². The van der Waals surface area contributed by atoms with Crippen molar-refractivity contribution in [2.24, 2.45) is 0 Å². The van der Waals surface area contributed by atoms with Crippen molar-refractivity contribution in [2.75, 3.05) is 42.3 Å². The molecule has 0 saturated carbocycles. The zero-order chi connectivity index (χ0) is 16.6. The van der Waals surface area contributed by atoms with Gasteiger partial charge >= 0.3 is 0 Å². The molecule has 0 unspecified atom stereocenters. The molecular formula is C20H32N2S. The maximum Gasteiger partial charge on any atom is 0.104 e. The van der Waals surface area contributed by atoms with Gasteiger partial charge < -0.3 is 22.5 Å². The number of benzene rings is 2. The van der Waals surface area contributed by atoms with Gasteiger partial charge in [0.05, 0.1) is 42.3 Å². The minimum atomic E-state index is 0. The molecule has 0 fully saturated rings. The first-order chi connectivity index (χ1) is 10.2. The van der Waals surface area contributed by atoms with Crippen LogP contribution >= 0.6 is 0 Å². The fraction of sp³-hybridized carbons (Fsp3) is 0.400. The Morgan fingerprint density at radius 2 is 0.783 bits per heavy atom. The molecule has 3 heteroatoms. The van der Waals surface area contributed by atoms with Gasteiger partial charge in [0.25, 0.3) is 0 Å². The summed E-state index contributed by atoms with van der Waals surface area (Å²) in [6, 6.07) is 21.1. The highest BCUT2D eigenvalue weighted by molar-refractivity contribution is 7.37. The van der Waals surface area contributed by atoms with Crippen molar-refractivity contribution in [1.82, 2.24) is 0 Å². The van der Waals surface area contributed by atoms with Crippen LogP contribution in [0, 0.1) is 0 Å². The largest absolute Gasteiger partial charge is 2.00 e. The Bertz CT molecular complexity index is 474. The molecule has 0 atom stereocenters. The van der Waals surface area contributed by atoms with Crippen LogP contribution in [0.1, 0.15) is 11.1 Å². The van der Waals surface area contributed by atoms with Gasteiger partial charge in [0, 0.05) is 11.1 Å². The Morgan fingerprint density at radius 1 is 0.522 bits per heavy atom. The monoisotopic (exact) mass is 332 g/mol. The maximum atomic E-state index is 2.20. The van der Waals surface area contributed by atoms with E-state index in [0.29, 0.717) is 0 Å². The second kappa shape index (κ2) is 9.76. The lowest BCUT2D eigenvalue weighted by Gasteiger charge is -2.23. The van der Waals surface area contributed by atoms with Gasteiger partial charge in [-0.3, -0.25) is 0 Å². The molecule has 0 spiro atoms. The van der Waals surface area contributed by atoms with Crippen molar-refractivity contribution in [2.45, 2.75) is 13.1 Å². The third-order valence-corrected chi connectivity index (χ3v) is 3.00. The standard InChI is InChI=1S/2C10H16N.S/c2*1-11(2,3)9-10-7-5-4-6-8-10;/h2*4-8H,9H2,1-3H3;/q2*+1;-2. The summed E-state index contributed by atoms with van der Waals surface area (Å²) in [6.45, 7) is 2.20. The van der Waals surface area contributed by atoms with Crippen LogP contribution in [-0.4, -0.2) is 51.3 Å². The average Bonchev–Trinajstić information content (AvgIpc) is 2.38. The number of hydrogen-bond donors (Lipinski definition) is 0. The first-order valence-electron chi connectivity index (χ1n) is 7.84. The predicted molar refractivity (Wildman–Crippen MR) is 104 cm³/mol. The lowest BCUT2D eigenvalue weighted by Crippen LogP contribution is -2.33. The first-order valence-corrected chi connectivity index (χ1v) is 7.84. The molecule has 0 bridgehead atoms.